The van der Waals surface area contributed by atoms with Crippen LogP contribution in [0.3, 0.4) is 0 Å². The lowest BCUT2D eigenvalue weighted by Gasteiger charge is -2.28. The second-order valence-electron chi connectivity index (χ2n) is 4.72. The Bertz CT molecular complexity index is 462. The number of pyridine rings is 1. The Labute approximate surface area is 121 Å². The van der Waals surface area contributed by atoms with Crippen LogP contribution in [0, 0.1) is 0 Å². The topological polar surface area (TPSA) is 62.2 Å². The molecule has 104 valence electrons. The van der Waals surface area contributed by atoms with Crippen LogP contribution in [0.15, 0.2) is 12.1 Å². The normalized spacial score (nSPS) is 23.1. The molecule has 1 heterocycles. The van der Waals surface area contributed by atoms with Crippen LogP contribution in [0.4, 0.5) is 5.82 Å². The molecule has 1 saturated carbocycles. The smallest absolute Gasteiger partial charge is 0.335 e. The van der Waals surface area contributed by atoms with E-state index >= 15 is 0 Å². The summed E-state index contributed by atoms with van der Waals surface area (Å²) in [7, 11) is 0. The molecule has 0 amide bonds. The summed E-state index contributed by atoms with van der Waals surface area (Å²) in [4.78, 5) is 15.1. The minimum atomic E-state index is -0.988. The SMILES string of the molecule is CSC1CCC(Nc2cc(C(=O)O)cc(Cl)n2)CC1. The molecule has 4 nitrogen and oxygen atoms in total. The number of halogens is 1. The Hall–Kier alpha value is -0.940. The molecule has 1 fully saturated rings. The van der Waals surface area contributed by atoms with Crippen molar-refractivity contribution in [3.05, 3.63) is 22.8 Å². The van der Waals surface area contributed by atoms with Gasteiger partial charge in [0.05, 0.1) is 5.56 Å². The van der Waals surface area contributed by atoms with Gasteiger partial charge >= 0.3 is 5.97 Å². The number of hydrogen-bond acceptors (Lipinski definition) is 4. The summed E-state index contributed by atoms with van der Waals surface area (Å²) in [6.45, 7) is 0. The Morgan fingerprint density at radius 3 is 2.68 bits per heavy atom. The monoisotopic (exact) mass is 300 g/mol. The second-order valence-corrected chi connectivity index (χ2v) is 6.25. The van der Waals surface area contributed by atoms with Crippen LogP contribution in [-0.4, -0.2) is 33.6 Å². The first kappa shape index (κ1) is 14.5. The number of rotatable bonds is 4. The number of hydrogen-bond donors (Lipinski definition) is 2. The largest absolute Gasteiger partial charge is 0.478 e. The molecule has 0 radical (unpaired) electrons. The van der Waals surface area contributed by atoms with Crippen LogP contribution in [0.1, 0.15) is 36.0 Å². The van der Waals surface area contributed by atoms with Gasteiger partial charge in [-0.1, -0.05) is 11.6 Å². The lowest BCUT2D eigenvalue weighted by atomic mass is 9.95. The summed E-state index contributed by atoms with van der Waals surface area (Å²) in [5.41, 5.74) is 0.167. The van der Waals surface area contributed by atoms with E-state index in [1.807, 2.05) is 11.8 Å². The van der Waals surface area contributed by atoms with Gasteiger partial charge in [-0.25, -0.2) is 9.78 Å². The zero-order chi connectivity index (χ0) is 13.8. The highest BCUT2D eigenvalue weighted by Crippen LogP contribution is 2.28. The molecule has 1 aliphatic rings. The number of carboxylic acids is 1. The molecule has 1 aliphatic carbocycles. The van der Waals surface area contributed by atoms with Gasteiger partial charge < -0.3 is 10.4 Å². The highest BCUT2D eigenvalue weighted by molar-refractivity contribution is 7.99. The van der Waals surface area contributed by atoms with E-state index in [2.05, 4.69) is 16.6 Å². The predicted octanol–water partition coefficient (Wildman–Crippen LogP) is 3.52. The molecule has 1 aromatic heterocycles. The maximum atomic E-state index is 11.0. The van der Waals surface area contributed by atoms with Crippen LogP contribution in [0.5, 0.6) is 0 Å². The highest BCUT2D eigenvalue weighted by Gasteiger charge is 2.21. The summed E-state index contributed by atoms with van der Waals surface area (Å²) in [5, 5.41) is 13.2. The number of carbonyl (C=O) groups is 1. The summed E-state index contributed by atoms with van der Waals surface area (Å²) >= 11 is 7.76. The third-order valence-corrected chi connectivity index (χ3v) is 4.73. The number of carboxylic acid groups (broad SMARTS) is 1. The molecule has 0 aromatic carbocycles. The van der Waals surface area contributed by atoms with E-state index in [1.54, 1.807) is 0 Å². The summed E-state index contributed by atoms with van der Waals surface area (Å²) in [6, 6.07) is 3.25. The minimum absolute atomic E-state index is 0.167. The standard InChI is InChI=1S/C13H17ClN2O2S/c1-19-10-4-2-9(3-5-10)15-12-7-8(13(17)18)6-11(14)16-12/h6-7,9-10H,2-5H2,1H3,(H,15,16)(H,17,18). The number of nitrogens with one attached hydrogen (secondary N) is 1. The molecule has 0 atom stereocenters. The molecular formula is C13H17ClN2O2S. The van der Waals surface area contributed by atoms with Gasteiger partial charge in [0.25, 0.3) is 0 Å². The fraction of sp³-hybridized carbons (Fsp3) is 0.538. The van der Waals surface area contributed by atoms with Crippen molar-refractivity contribution >= 4 is 35.1 Å². The van der Waals surface area contributed by atoms with Crippen molar-refractivity contribution < 1.29 is 9.90 Å². The number of aromatic carboxylic acids is 1. The number of anilines is 1. The first-order chi connectivity index (χ1) is 9.08. The lowest BCUT2D eigenvalue weighted by molar-refractivity contribution is 0.0697. The quantitative estimate of drug-likeness (QED) is 0.833. The van der Waals surface area contributed by atoms with Crippen molar-refractivity contribution in [2.45, 2.75) is 37.0 Å². The molecule has 2 rings (SSSR count). The average Bonchev–Trinajstić information content (AvgIpc) is 2.39. The summed E-state index contributed by atoms with van der Waals surface area (Å²) in [6.07, 6.45) is 6.69. The van der Waals surface area contributed by atoms with Crippen molar-refractivity contribution in [2.75, 3.05) is 11.6 Å². The fourth-order valence-corrected chi connectivity index (χ4v) is 3.30. The van der Waals surface area contributed by atoms with Gasteiger partial charge in [-0.15, -0.1) is 0 Å². The van der Waals surface area contributed by atoms with E-state index in [1.165, 1.54) is 25.0 Å². The molecule has 0 unspecified atom stereocenters. The van der Waals surface area contributed by atoms with Crippen molar-refractivity contribution in [1.29, 1.82) is 0 Å². The molecule has 19 heavy (non-hydrogen) atoms. The third-order valence-electron chi connectivity index (χ3n) is 3.40. The van der Waals surface area contributed by atoms with Crippen LogP contribution >= 0.6 is 23.4 Å². The zero-order valence-electron chi connectivity index (χ0n) is 10.7. The maximum Gasteiger partial charge on any atom is 0.335 e. The van der Waals surface area contributed by atoms with E-state index in [4.69, 9.17) is 16.7 Å². The van der Waals surface area contributed by atoms with E-state index < -0.39 is 5.97 Å². The van der Waals surface area contributed by atoms with Gasteiger partial charge in [0.2, 0.25) is 0 Å². The molecule has 2 N–H and O–H groups in total. The molecule has 0 spiro atoms. The van der Waals surface area contributed by atoms with E-state index in [-0.39, 0.29) is 10.7 Å². The van der Waals surface area contributed by atoms with Gasteiger partial charge in [-0.05, 0) is 44.1 Å². The summed E-state index contributed by atoms with van der Waals surface area (Å²) in [5.74, 6) is -0.434. The van der Waals surface area contributed by atoms with Crippen LogP contribution in [-0.2, 0) is 0 Å². The van der Waals surface area contributed by atoms with Crippen LogP contribution < -0.4 is 5.32 Å². The van der Waals surface area contributed by atoms with Gasteiger partial charge in [0.1, 0.15) is 11.0 Å². The zero-order valence-corrected chi connectivity index (χ0v) is 12.3. The average molecular weight is 301 g/mol. The third kappa shape index (κ3) is 4.01. The number of nitrogens with zero attached hydrogens (tertiary/aromatic N) is 1. The highest BCUT2D eigenvalue weighted by atomic mass is 35.5. The minimum Gasteiger partial charge on any atom is -0.478 e. The first-order valence-electron chi connectivity index (χ1n) is 6.28. The van der Waals surface area contributed by atoms with Crippen LogP contribution in [0.25, 0.3) is 0 Å². The molecular weight excluding hydrogens is 284 g/mol. The Balaban J connectivity index is 2.01. The van der Waals surface area contributed by atoms with Gasteiger partial charge in [0, 0.05) is 11.3 Å². The predicted molar refractivity (Wildman–Crippen MR) is 79.4 cm³/mol. The Morgan fingerprint density at radius 1 is 1.42 bits per heavy atom. The van der Waals surface area contributed by atoms with Gasteiger partial charge in [-0.2, -0.15) is 11.8 Å². The Kier molecular flexibility index (Phi) is 4.93. The fourth-order valence-electron chi connectivity index (χ4n) is 2.35. The maximum absolute atomic E-state index is 11.0. The Morgan fingerprint density at radius 2 is 2.11 bits per heavy atom. The van der Waals surface area contributed by atoms with E-state index in [0.29, 0.717) is 11.9 Å². The van der Waals surface area contributed by atoms with E-state index in [9.17, 15) is 4.79 Å². The van der Waals surface area contributed by atoms with Gasteiger partial charge in [-0.3, -0.25) is 0 Å². The lowest BCUT2D eigenvalue weighted by Crippen LogP contribution is -2.27. The van der Waals surface area contributed by atoms with E-state index in [0.717, 1.165) is 18.1 Å². The first-order valence-corrected chi connectivity index (χ1v) is 7.95. The molecule has 0 saturated heterocycles. The van der Waals surface area contributed by atoms with Crippen LogP contribution in [0.2, 0.25) is 5.15 Å². The van der Waals surface area contributed by atoms with Crippen molar-refractivity contribution in [3.8, 4) is 0 Å². The number of aromatic nitrogens is 1. The molecule has 6 heteroatoms. The van der Waals surface area contributed by atoms with Crippen molar-refractivity contribution in [2.24, 2.45) is 0 Å². The second kappa shape index (κ2) is 6.48. The summed E-state index contributed by atoms with van der Waals surface area (Å²) < 4.78 is 0. The number of thioether (sulfide) groups is 1. The molecule has 0 bridgehead atoms. The van der Waals surface area contributed by atoms with Crippen molar-refractivity contribution in [3.63, 3.8) is 0 Å². The van der Waals surface area contributed by atoms with Gasteiger partial charge in [0.15, 0.2) is 0 Å². The van der Waals surface area contributed by atoms with Crippen molar-refractivity contribution in [1.82, 2.24) is 4.98 Å². The molecule has 0 aliphatic heterocycles. The molecule has 1 aromatic rings.